The molecule has 24 heavy (non-hydrogen) atoms. The van der Waals surface area contributed by atoms with Gasteiger partial charge in [-0.15, -0.1) is 0 Å². The number of hydrogen-bond acceptors (Lipinski definition) is 4. The number of alkyl carbamates (subject to hydrolysis) is 1. The molecule has 0 aliphatic rings. The topological polar surface area (TPSA) is 64.6 Å². The molecule has 0 spiro atoms. The minimum Gasteiger partial charge on any atom is -0.469 e. The molecular weight excluding hydrogens is 306 g/mol. The Balaban J connectivity index is 2.86. The predicted molar refractivity (Wildman–Crippen MR) is 93.7 cm³/mol. The van der Waals surface area contributed by atoms with Crippen molar-refractivity contribution in [3.05, 3.63) is 47.5 Å². The molecule has 0 unspecified atom stereocenters. The van der Waals surface area contributed by atoms with Crippen LogP contribution in [0, 0.1) is 0 Å². The zero-order chi connectivity index (χ0) is 18.2. The molecule has 1 N–H and O–H groups in total. The molecule has 1 rings (SSSR count). The number of rotatable bonds is 6. The van der Waals surface area contributed by atoms with Gasteiger partial charge in [0.05, 0.1) is 19.6 Å². The van der Waals surface area contributed by atoms with Gasteiger partial charge in [0, 0.05) is 0 Å². The van der Waals surface area contributed by atoms with Gasteiger partial charge in [0.15, 0.2) is 0 Å². The van der Waals surface area contributed by atoms with E-state index in [1.807, 2.05) is 58.0 Å². The third-order valence-electron chi connectivity index (χ3n) is 3.34. The Kier molecular flexibility index (Phi) is 7.49. The monoisotopic (exact) mass is 333 g/mol. The highest BCUT2D eigenvalue weighted by molar-refractivity contribution is 5.71. The molecule has 0 aromatic heterocycles. The fourth-order valence-corrected chi connectivity index (χ4v) is 2.10. The fraction of sp³-hybridized carbons (Fsp3) is 0.474. The van der Waals surface area contributed by atoms with Crippen LogP contribution < -0.4 is 5.32 Å². The van der Waals surface area contributed by atoms with Gasteiger partial charge < -0.3 is 14.8 Å². The van der Waals surface area contributed by atoms with Crippen LogP contribution in [0.3, 0.4) is 0 Å². The first-order chi connectivity index (χ1) is 11.2. The molecule has 0 heterocycles. The lowest BCUT2D eigenvalue weighted by atomic mass is 9.99. The zero-order valence-electron chi connectivity index (χ0n) is 15.1. The molecule has 5 nitrogen and oxygen atoms in total. The van der Waals surface area contributed by atoms with Crippen LogP contribution >= 0.6 is 0 Å². The third kappa shape index (κ3) is 7.81. The van der Waals surface area contributed by atoms with Gasteiger partial charge in [-0.05, 0) is 39.7 Å². The minimum atomic E-state index is -0.564. The second-order valence-electron chi connectivity index (χ2n) is 6.62. The van der Waals surface area contributed by atoms with Crippen molar-refractivity contribution in [2.24, 2.45) is 0 Å². The number of hydrogen-bond donors (Lipinski definition) is 1. The van der Waals surface area contributed by atoms with Crippen molar-refractivity contribution < 1.29 is 19.1 Å². The quantitative estimate of drug-likeness (QED) is 0.638. The Bertz CT molecular complexity index is 573. The highest BCUT2D eigenvalue weighted by atomic mass is 16.6. The summed E-state index contributed by atoms with van der Waals surface area (Å²) in [6.07, 6.45) is 2.08. The summed E-state index contributed by atoms with van der Waals surface area (Å²) in [7, 11) is 1.35. The van der Waals surface area contributed by atoms with Crippen LogP contribution in [0.4, 0.5) is 4.79 Å². The van der Waals surface area contributed by atoms with Gasteiger partial charge in [0.25, 0.3) is 0 Å². The lowest BCUT2D eigenvalue weighted by Gasteiger charge is -2.24. The largest absolute Gasteiger partial charge is 0.469 e. The van der Waals surface area contributed by atoms with E-state index in [1.165, 1.54) is 7.11 Å². The van der Waals surface area contributed by atoms with Crippen LogP contribution in [0.1, 0.15) is 39.7 Å². The Morgan fingerprint density at radius 3 is 2.38 bits per heavy atom. The van der Waals surface area contributed by atoms with Gasteiger partial charge in [0.2, 0.25) is 0 Å². The number of methoxy groups -OCH3 is 1. The maximum Gasteiger partial charge on any atom is 0.408 e. The summed E-state index contributed by atoms with van der Waals surface area (Å²) in [4.78, 5) is 23.4. The molecule has 1 atom stereocenters. The maximum absolute atomic E-state index is 12.1. The highest BCUT2D eigenvalue weighted by Crippen LogP contribution is 2.13. The Morgan fingerprint density at radius 1 is 1.21 bits per heavy atom. The third-order valence-corrected chi connectivity index (χ3v) is 3.34. The molecule has 0 saturated carbocycles. The van der Waals surface area contributed by atoms with Gasteiger partial charge in [-0.2, -0.15) is 0 Å². The van der Waals surface area contributed by atoms with E-state index >= 15 is 0 Å². The van der Waals surface area contributed by atoms with Crippen LogP contribution in [0.2, 0.25) is 0 Å². The normalized spacial score (nSPS) is 13.1. The minimum absolute atomic E-state index is 0.170. The molecule has 1 aromatic carbocycles. The first-order valence-electron chi connectivity index (χ1n) is 7.98. The van der Waals surface area contributed by atoms with Crippen molar-refractivity contribution in [3.8, 4) is 0 Å². The fourth-order valence-electron chi connectivity index (χ4n) is 2.10. The van der Waals surface area contributed by atoms with Crippen LogP contribution in [0.5, 0.6) is 0 Å². The van der Waals surface area contributed by atoms with Gasteiger partial charge in [-0.3, -0.25) is 4.79 Å². The van der Waals surface area contributed by atoms with Crippen LogP contribution in [0.15, 0.2) is 42.0 Å². The Morgan fingerprint density at radius 2 is 1.83 bits per heavy atom. The second-order valence-corrected chi connectivity index (χ2v) is 6.62. The second kappa shape index (κ2) is 9.11. The van der Waals surface area contributed by atoms with E-state index < -0.39 is 11.7 Å². The molecule has 5 heteroatoms. The predicted octanol–water partition coefficient (Wildman–Crippen LogP) is 3.63. The van der Waals surface area contributed by atoms with E-state index in [9.17, 15) is 9.59 Å². The maximum atomic E-state index is 12.1. The van der Waals surface area contributed by atoms with Crippen molar-refractivity contribution in [2.75, 3.05) is 7.11 Å². The number of esters is 1. The molecule has 0 fully saturated rings. The first-order valence-corrected chi connectivity index (χ1v) is 7.98. The summed E-state index contributed by atoms with van der Waals surface area (Å²) in [5.41, 5.74) is 1.41. The summed E-state index contributed by atoms with van der Waals surface area (Å²) in [6, 6.07) is 9.58. The first kappa shape index (κ1) is 19.7. The molecule has 0 aliphatic carbocycles. The van der Waals surface area contributed by atoms with E-state index in [4.69, 9.17) is 4.74 Å². The molecule has 0 bridgehead atoms. The van der Waals surface area contributed by atoms with Gasteiger partial charge in [-0.1, -0.05) is 42.0 Å². The summed E-state index contributed by atoms with van der Waals surface area (Å²) >= 11 is 0. The zero-order valence-corrected chi connectivity index (χ0v) is 15.1. The van der Waals surface area contributed by atoms with Crippen molar-refractivity contribution in [2.45, 2.75) is 52.2 Å². The van der Waals surface area contributed by atoms with Crippen molar-refractivity contribution in [3.63, 3.8) is 0 Å². The summed E-state index contributed by atoms with van der Waals surface area (Å²) < 4.78 is 9.98. The van der Waals surface area contributed by atoms with Gasteiger partial charge >= 0.3 is 12.1 Å². The molecule has 0 radical (unpaired) electrons. The molecule has 0 aliphatic heterocycles. The number of ether oxygens (including phenoxy) is 2. The van der Waals surface area contributed by atoms with E-state index in [2.05, 4.69) is 10.1 Å². The van der Waals surface area contributed by atoms with Crippen LogP contribution in [0.25, 0.3) is 0 Å². The summed E-state index contributed by atoms with van der Waals surface area (Å²) in [6.45, 7) is 7.34. The smallest absolute Gasteiger partial charge is 0.408 e. The number of nitrogens with one attached hydrogen (secondary N) is 1. The highest BCUT2D eigenvalue weighted by Gasteiger charge is 2.20. The van der Waals surface area contributed by atoms with E-state index in [1.54, 1.807) is 6.08 Å². The van der Waals surface area contributed by atoms with E-state index in [0.29, 0.717) is 6.42 Å². The lowest BCUT2D eigenvalue weighted by molar-refractivity contribution is -0.139. The number of benzene rings is 1. The number of carbonyl (C=O) groups is 2. The molecular formula is C19H27NO4. The van der Waals surface area contributed by atoms with Crippen molar-refractivity contribution in [1.82, 2.24) is 5.32 Å². The van der Waals surface area contributed by atoms with Gasteiger partial charge in [-0.25, -0.2) is 4.79 Å². The molecule has 1 aromatic rings. The summed E-state index contributed by atoms with van der Waals surface area (Å²) in [5.74, 6) is -0.315. The summed E-state index contributed by atoms with van der Waals surface area (Å²) in [5, 5.41) is 2.88. The standard InChI is InChI=1S/C19H27NO4/c1-14(11-12-17(21)23-5)16(13-15-9-7-6-8-10-15)20-18(22)24-19(2,3)4/h6-11,16H,12-13H2,1-5H3,(H,20,22)/b14-11+/t16-/m0/s1. The van der Waals surface area contributed by atoms with E-state index in [-0.39, 0.29) is 18.4 Å². The molecule has 0 saturated heterocycles. The Hall–Kier alpha value is -2.30. The average molecular weight is 333 g/mol. The molecule has 132 valence electrons. The van der Waals surface area contributed by atoms with Crippen molar-refractivity contribution >= 4 is 12.1 Å². The Labute approximate surface area is 144 Å². The number of amides is 1. The average Bonchev–Trinajstić information content (AvgIpc) is 2.50. The van der Waals surface area contributed by atoms with Crippen LogP contribution in [-0.2, 0) is 20.7 Å². The number of carbonyl (C=O) groups excluding carboxylic acids is 2. The van der Waals surface area contributed by atoms with E-state index in [0.717, 1.165) is 11.1 Å². The van der Waals surface area contributed by atoms with Gasteiger partial charge in [0.1, 0.15) is 5.60 Å². The molecule has 1 amide bonds. The lowest BCUT2D eigenvalue weighted by Crippen LogP contribution is -2.41. The SMILES string of the molecule is COC(=O)C/C=C(\C)[C@H](Cc1ccccc1)NC(=O)OC(C)(C)C. The van der Waals surface area contributed by atoms with Crippen molar-refractivity contribution in [1.29, 1.82) is 0 Å². The van der Waals surface area contributed by atoms with Crippen LogP contribution in [-0.4, -0.2) is 30.8 Å².